The summed E-state index contributed by atoms with van der Waals surface area (Å²) < 4.78 is 1.21. The molecule has 15 heavy (non-hydrogen) atoms. The Hall–Kier alpha value is -1.62. The lowest BCUT2D eigenvalue weighted by Crippen LogP contribution is -2.24. The van der Waals surface area contributed by atoms with E-state index in [0.717, 1.165) is 9.88 Å². The van der Waals surface area contributed by atoms with E-state index in [1.807, 2.05) is 6.92 Å². The number of aromatic nitrogens is 2. The second-order valence-corrected chi connectivity index (χ2v) is 4.32. The summed E-state index contributed by atoms with van der Waals surface area (Å²) in [5, 5.41) is 0.864. The van der Waals surface area contributed by atoms with E-state index in [0.29, 0.717) is 6.61 Å². The van der Waals surface area contributed by atoms with E-state index in [1.54, 1.807) is 35.9 Å². The van der Waals surface area contributed by atoms with Crippen LogP contribution in [0.4, 0.5) is 0 Å². The van der Waals surface area contributed by atoms with Gasteiger partial charge in [-0.3, -0.25) is 4.79 Å². The second-order valence-electron chi connectivity index (χ2n) is 3.00. The van der Waals surface area contributed by atoms with Crippen molar-refractivity contribution < 1.29 is 4.84 Å². The van der Waals surface area contributed by atoms with E-state index in [1.165, 1.54) is 10.8 Å². The Labute approximate surface area is 90.7 Å². The quantitative estimate of drug-likeness (QED) is 0.785. The number of nitrogens with zero attached hydrogens (tertiary/aromatic N) is 2. The molecule has 0 aliphatic rings. The highest BCUT2D eigenvalue weighted by Crippen LogP contribution is 2.10. The molecular weight excluding hydrogens is 212 g/mol. The molecule has 5 heteroatoms. The first-order valence-corrected chi connectivity index (χ1v) is 5.29. The van der Waals surface area contributed by atoms with Crippen molar-refractivity contribution in [1.82, 2.24) is 9.71 Å². The SMILES string of the molecule is Cc1cnc(COn2ccccc2=O)s1. The third-order valence-corrected chi connectivity index (χ3v) is 2.67. The third-order valence-electron chi connectivity index (χ3n) is 1.78. The van der Waals surface area contributed by atoms with Crippen molar-refractivity contribution in [3.8, 4) is 0 Å². The Morgan fingerprint density at radius 3 is 3.07 bits per heavy atom. The smallest absolute Gasteiger partial charge is 0.282 e. The molecule has 2 aromatic heterocycles. The summed E-state index contributed by atoms with van der Waals surface area (Å²) in [6, 6.07) is 4.87. The Morgan fingerprint density at radius 2 is 2.40 bits per heavy atom. The summed E-state index contributed by atoms with van der Waals surface area (Å²) in [6.07, 6.45) is 3.37. The van der Waals surface area contributed by atoms with Gasteiger partial charge >= 0.3 is 0 Å². The van der Waals surface area contributed by atoms with Gasteiger partial charge in [0.15, 0.2) is 6.61 Å². The molecule has 0 bridgehead atoms. The van der Waals surface area contributed by atoms with Gasteiger partial charge in [-0.15, -0.1) is 11.3 Å². The van der Waals surface area contributed by atoms with Crippen LogP contribution in [0.25, 0.3) is 0 Å². The summed E-state index contributed by atoms with van der Waals surface area (Å²) in [4.78, 5) is 21.8. The zero-order chi connectivity index (χ0) is 10.7. The van der Waals surface area contributed by atoms with Crippen LogP contribution in [0.3, 0.4) is 0 Å². The molecule has 0 aliphatic heterocycles. The largest absolute Gasteiger partial charge is 0.403 e. The Morgan fingerprint density at radius 1 is 1.53 bits per heavy atom. The molecule has 2 heterocycles. The summed E-state index contributed by atoms with van der Waals surface area (Å²) >= 11 is 1.56. The predicted molar refractivity (Wildman–Crippen MR) is 57.8 cm³/mol. The van der Waals surface area contributed by atoms with E-state index < -0.39 is 0 Å². The zero-order valence-electron chi connectivity index (χ0n) is 8.21. The highest BCUT2D eigenvalue weighted by Gasteiger charge is 2.00. The lowest BCUT2D eigenvalue weighted by molar-refractivity contribution is 0.0890. The van der Waals surface area contributed by atoms with Crippen molar-refractivity contribution in [3.05, 3.63) is 50.8 Å². The highest BCUT2D eigenvalue weighted by molar-refractivity contribution is 7.11. The first-order chi connectivity index (χ1) is 7.25. The zero-order valence-corrected chi connectivity index (χ0v) is 9.03. The van der Waals surface area contributed by atoms with Crippen LogP contribution in [0, 0.1) is 6.92 Å². The van der Waals surface area contributed by atoms with Gasteiger partial charge in [0, 0.05) is 23.3 Å². The van der Waals surface area contributed by atoms with E-state index in [2.05, 4.69) is 4.98 Å². The second kappa shape index (κ2) is 4.27. The van der Waals surface area contributed by atoms with Gasteiger partial charge in [0.2, 0.25) is 0 Å². The lowest BCUT2D eigenvalue weighted by Gasteiger charge is -2.04. The molecule has 0 N–H and O–H groups in total. The van der Waals surface area contributed by atoms with Gasteiger partial charge in [-0.25, -0.2) is 4.98 Å². The summed E-state index contributed by atoms with van der Waals surface area (Å²) in [5.41, 5.74) is -0.175. The normalized spacial score (nSPS) is 10.2. The predicted octanol–water partition coefficient (Wildman–Crippen LogP) is 1.24. The monoisotopic (exact) mass is 222 g/mol. The van der Waals surface area contributed by atoms with Crippen LogP contribution in [0.1, 0.15) is 9.88 Å². The fourth-order valence-corrected chi connectivity index (χ4v) is 1.81. The van der Waals surface area contributed by atoms with Crippen molar-refractivity contribution in [3.63, 3.8) is 0 Å². The van der Waals surface area contributed by atoms with Gasteiger partial charge in [0.25, 0.3) is 5.56 Å². The average molecular weight is 222 g/mol. The van der Waals surface area contributed by atoms with E-state index >= 15 is 0 Å². The van der Waals surface area contributed by atoms with Crippen molar-refractivity contribution in [2.45, 2.75) is 13.5 Å². The molecule has 0 atom stereocenters. The maximum Gasteiger partial charge on any atom is 0.282 e. The van der Waals surface area contributed by atoms with E-state index in [9.17, 15) is 4.79 Å². The summed E-state index contributed by atoms with van der Waals surface area (Å²) in [6.45, 7) is 2.30. The number of hydrogen-bond donors (Lipinski definition) is 0. The molecule has 0 spiro atoms. The number of rotatable bonds is 3. The maximum absolute atomic E-state index is 11.3. The molecule has 0 saturated carbocycles. The first-order valence-electron chi connectivity index (χ1n) is 4.48. The summed E-state index contributed by atoms with van der Waals surface area (Å²) in [7, 11) is 0. The highest BCUT2D eigenvalue weighted by atomic mass is 32.1. The number of thiazole rings is 1. The van der Waals surface area contributed by atoms with Crippen LogP contribution in [0.5, 0.6) is 0 Å². The standard InChI is InChI=1S/C10H10N2O2S/c1-8-6-11-9(15-8)7-14-12-5-3-2-4-10(12)13/h2-6H,7H2,1H3. The van der Waals surface area contributed by atoms with Crippen LogP contribution in [-0.4, -0.2) is 9.71 Å². The molecule has 0 radical (unpaired) electrons. The van der Waals surface area contributed by atoms with Crippen molar-refractivity contribution in [2.24, 2.45) is 0 Å². The van der Waals surface area contributed by atoms with E-state index in [4.69, 9.17) is 4.84 Å². The fourth-order valence-electron chi connectivity index (χ4n) is 1.11. The van der Waals surface area contributed by atoms with Crippen LogP contribution in [-0.2, 0) is 6.61 Å². The average Bonchev–Trinajstić information content (AvgIpc) is 2.63. The number of pyridine rings is 1. The maximum atomic E-state index is 11.3. The van der Waals surface area contributed by atoms with E-state index in [-0.39, 0.29) is 5.56 Å². The van der Waals surface area contributed by atoms with Crippen LogP contribution in [0.15, 0.2) is 35.4 Å². The Kier molecular flexibility index (Phi) is 2.82. The van der Waals surface area contributed by atoms with Gasteiger partial charge in [0.05, 0.1) is 0 Å². The van der Waals surface area contributed by atoms with Crippen LogP contribution in [0.2, 0.25) is 0 Å². The molecule has 78 valence electrons. The molecule has 2 rings (SSSR count). The van der Waals surface area contributed by atoms with Crippen molar-refractivity contribution >= 4 is 11.3 Å². The van der Waals surface area contributed by atoms with Crippen LogP contribution < -0.4 is 10.4 Å². The number of aryl methyl sites for hydroxylation is 1. The molecule has 0 amide bonds. The minimum Gasteiger partial charge on any atom is -0.403 e. The number of hydrogen-bond acceptors (Lipinski definition) is 4. The first kappa shape index (κ1) is 9.92. The minimum absolute atomic E-state index is 0.175. The summed E-state index contributed by atoms with van der Waals surface area (Å²) in [5.74, 6) is 0. The Balaban J connectivity index is 2.05. The van der Waals surface area contributed by atoms with Gasteiger partial charge in [-0.05, 0) is 13.0 Å². The molecule has 2 aromatic rings. The minimum atomic E-state index is -0.175. The Bertz CT molecular complexity index is 504. The molecule has 0 aromatic carbocycles. The molecule has 0 aliphatic carbocycles. The molecular formula is C10H10N2O2S. The molecule has 4 nitrogen and oxygen atoms in total. The van der Waals surface area contributed by atoms with Crippen molar-refractivity contribution in [2.75, 3.05) is 0 Å². The third kappa shape index (κ3) is 2.44. The van der Waals surface area contributed by atoms with Gasteiger partial charge in [-0.1, -0.05) is 6.07 Å². The lowest BCUT2D eigenvalue weighted by atomic mass is 10.5. The van der Waals surface area contributed by atoms with Crippen molar-refractivity contribution in [1.29, 1.82) is 0 Å². The van der Waals surface area contributed by atoms with Crippen LogP contribution >= 0.6 is 11.3 Å². The van der Waals surface area contributed by atoms with Gasteiger partial charge in [0.1, 0.15) is 5.01 Å². The van der Waals surface area contributed by atoms with Gasteiger partial charge in [-0.2, -0.15) is 4.73 Å². The fraction of sp³-hybridized carbons (Fsp3) is 0.200. The molecule has 0 unspecified atom stereocenters. The molecule has 0 fully saturated rings. The molecule has 0 saturated heterocycles. The van der Waals surface area contributed by atoms with Gasteiger partial charge < -0.3 is 4.84 Å². The topological polar surface area (TPSA) is 44.1 Å².